The molecule has 1 amide bonds. The number of sulfonamides is 1. The highest BCUT2D eigenvalue weighted by Crippen LogP contribution is 2.29. The van der Waals surface area contributed by atoms with Crippen LogP contribution in [0, 0.1) is 6.92 Å². The maximum absolute atomic E-state index is 13.0. The zero-order valence-electron chi connectivity index (χ0n) is 14.3. The largest absolute Gasteiger partial charge is 0.300 e. The van der Waals surface area contributed by atoms with Crippen molar-refractivity contribution in [1.29, 1.82) is 0 Å². The van der Waals surface area contributed by atoms with Crippen LogP contribution in [0.4, 0.5) is 0 Å². The van der Waals surface area contributed by atoms with Gasteiger partial charge in [-0.15, -0.1) is 0 Å². The van der Waals surface area contributed by atoms with E-state index in [1.807, 2.05) is 20.8 Å². The van der Waals surface area contributed by atoms with Crippen molar-refractivity contribution in [1.82, 2.24) is 14.7 Å². The molecule has 0 aromatic heterocycles. The van der Waals surface area contributed by atoms with Gasteiger partial charge in [-0.3, -0.25) is 14.9 Å². The van der Waals surface area contributed by atoms with Gasteiger partial charge in [0.05, 0.1) is 4.90 Å². The number of likely N-dealkylation sites (N-methyl/N-ethyl adjacent to an activating group) is 1. The summed E-state index contributed by atoms with van der Waals surface area (Å²) in [4.78, 5) is 14.3. The van der Waals surface area contributed by atoms with E-state index in [1.165, 1.54) is 4.31 Å². The highest BCUT2D eigenvalue weighted by atomic mass is 32.2. The number of hydrogen-bond donors (Lipinski definition) is 2. The molecule has 0 spiro atoms. The molecule has 1 saturated heterocycles. The molecule has 1 fully saturated rings. The van der Waals surface area contributed by atoms with Crippen molar-refractivity contribution >= 4 is 15.9 Å². The molecule has 1 aromatic carbocycles. The van der Waals surface area contributed by atoms with Crippen LogP contribution >= 0.6 is 0 Å². The number of carbonyl (C=O) groups excluding carboxylic acids is 1. The fourth-order valence-corrected chi connectivity index (χ4v) is 4.85. The van der Waals surface area contributed by atoms with Gasteiger partial charge < -0.3 is 0 Å². The third-order valence-corrected chi connectivity index (χ3v) is 6.49. The summed E-state index contributed by atoms with van der Waals surface area (Å²) in [6.45, 7) is 7.66. The van der Waals surface area contributed by atoms with Gasteiger partial charge in [-0.1, -0.05) is 31.5 Å². The SMILES string of the molecule is CCN(CC)[C@H]1CC(C(=O)NO)N(S(=O)(=O)c2ccc(C)cc2)C1. The van der Waals surface area contributed by atoms with Crippen molar-refractivity contribution < 1.29 is 18.4 Å². The Morgan fingerprint density at radius 3 is 2.38 bits per heavy atom. The lowest BCUT2D eigenvalue weighted by Gasteiger charge is -2.26. The van der Waals surface area contributed by atoms with Crippen molar-refractivity contribution in [2.75, 3.05) is 19.6 Å². The number of hydroxylamine groups is 1. The number of nitrogens with one attached hydrogen (secondary N) is 1. The summed E-state index contributed by atoms with van der Waals surface area (Å²) in [6.07, 6.45) is 0.360. The number of amides is 1. The molecule has 134 valence electrons. The van der Waals surface area contributed by atoms with E-state index in [4.69, 9.17) is 5.21 Å². The molecule has 0 saturated carbocycles. The smallest absolute Gasteiger partial charge is 0.261 e. The van der Waals surface area contributed by atoms with E-state index in [1.54, 1.807) is 29.7 Å². The molecule has 1 aromatic rings. The van der Waals surface area contributed by atoms with Crippen LogP contribution in [0.25, 0.3) is 0 Å². The van der Waals surface area contributed by atoms with Crippen LogP contribution in [-0.2, 0) is 14.8 Å². The van der Waals surface area contributed by atoms with E-state index in [9.17, 15) is 13.2 Å². The fourth-order valence-electron chi connectivity index (χ4n) is 3.21. The first-order valence-electron chi connectivity index (χ1n) is 8.11. The van der Waals surface area contributed by atoms with Crippen molar-refractivity contribution in [3.8, 4) is 0 Å². The number of carbonyl (C=O) groups is 1. The van der Waals surface area contributed by atoms with E-state index in [2.05, 4.69) is 4.90 Å². The predicted molar refractivity (Wildman–Crippen MR) is 90.1 cm³/mol. The first-order valence-corrected chi connectivity index (χ1v) is 9.55. The van der Waals surface area contributed by atoms with Gasteiger partial charge in [0.2, 0.25) is 10.0 Å². The molecule has 1 aliphatic heterocycles. The van der Waals surface area contributed by atoms with Gasteiger partial charge in [0.1, 0.15) is 6.04 Å². The Morgan fingerprint density at radius 2 is 1.88 bits per heavy atom. The van der Waals surface area contributed by atoms with Crippen molar-refractivity contribution in [2.24, 2.45) is 0 Å². The maximum atomic E-state index is 13.0. The second-order valence-electron chi connectivity index (χ2n) is 5.99. The molecule has 24 heavy (non-hydrogen) atoms. The van der Waals surface area contributed by atoms with E-state index in [0.29, 0.717) is 6.42 Å². The van der Waals surface area contributed by atoms with Gasteiger partial charge in [0.15, 0.2) is 0 Å². The summed E-state index contributed by atoms with van der Waals surface area (Å²) in [7, 11) is -3.81. The average Bonchev–Trinajstić information content (AvgIpc) is 3.01. The summed E-state index contributed by atoms with van der Waals surface area (Å²) in [5.74, 6) is -0.694. The Morgan fingerprint density at radius 1 is 1.29 bits per heavy atom. The molecule has 0 bridgehead atoms. The van der Waals surface area contributed by atoms with Crippen LogP contribution in [0.2, 0.25) is 0 Å². The van der Waals surface area contributed by atoms with Gasteiger partial charge in [0.25, 0.3) is 5.91 Å². The first-order chi connectivity index (χ1) is 11.3. The van der Waals surface area contributed by atoms with E-state index in [-0.39, 0.29) is 17.5 Å². The van der Waals surface area contributed by atoms with Crippen LogP contribution in [0.3, 0.4) is 0 Å². The third-order valence-electron chi connectivity index (χ3n) is 4.60. The summed E-state index contributed by atoms with van der Waals surface area (Å²) in [6, 6.07) is 5.58. The normalized spacial score (nSPS) is 22.0. The Balaban J connectivity index is 2.36. The molecular weight excluding hydrogens is 330 g/mol. The Bertz CT molecular complexity index is 671. The van der Waals surface area contributed by atoms with Crippen molar-refractivity contribution in [2.45, 2.75) is 44.2 Å². The molecule has 2 atom stereocenters. The standard InChI is InChI=1S/C16H25N3O4S/c1-4-18(5-2)13-10-15(16(20)17-21)19(11-13)24(22,23)14-8-6-12(3)7-9-14/h6-9,13,15,21H,4-5,10-11H2,1-3H3,(H,17,20)/t13-,15?/m0/s1. The summed E-state index contributed by atoms with van der Waals surface area (Å²) >= 11 is 0. The van der Waals surface area contributed by atoms with Gasteiger partial charge in [-0.05, 0) is 38.6 Å². The highest BCUT2D eigenvalue weighted by molar-refractivity contribution is 7.89. The van der Waals surface area contributed by atoms with Gasteiger partial charge in [0, 0.05) is 12.6 Å². The van der Waals surface area contributed by atoms with Crippen molar-refractivity contribution in [3.63, 3.8) is 0 Å². The van der Waals surface area contributed by atoms with E-state index >= 15 is 0 Å². The second-order valence-corrected chi connectivity index (χ2v) is 7.88. The minimum absolute atomic E-state index is 0.0532. The van der Waals surface area contributed by atoms with E-state index in [0.717, 1.165) is 18.7 Å². The second kappa shape index (κ2) is 7.60. The lowest BCUT2D eigenvalue weighted by atomic mass is 10.1. The molecule has 2 N–H and O–H groups in total. The van der Waals surface area contributed by atoms with Crippen LogP contribution in [0.5, 0.6) is 0 Å². The maximum Gasteiger partial charge on any atom is 0.261 e. The average molecular weight is 355 g/mol. The fraction of sp³-hybridized carbons (Fsp3) is 0.562. The third kappa shape index (κ3) is 3.61. The number of hydrogen-bond acceptors (Lipinski definition) is 5. The molecule has 7 nitrogen and oxygen atoms in total. The lowest BCUT2D eigenvalue weighted by Crippen LogP contribution is -2.45. The van der Waals surface area contributed by atoms with E-state index < -0.39 is 22.0 Å². The Labute approximate surface area is 143 Å². The monoisotopic (exact) mass is 355 g/mol. The zero-order valence-corrected chi connectivity index (χ0v) is 15.1. The lowest BCUT2D eigenvalue weighted by molar-refractivity contribution is -0.132. The van der Waals surface area contributed by atoms with Gasteiger partial charge >= 0.3 is 0 Å². The molecule has 2 rings (SSSR count). The van der Waals surface area contributed by atoms with Crippen LogP contribution in [-0.4, -0.2) is 60.5 Å². The number of nitrogens with zero attached hydrogens (tertiary/aromatic N) is 2. The zero-order chi connectivity index (χ0) is 17.9. The molecule has 1 aliphatic rings. The molecular formula is C16H25N3O4S. The van der Waals surface area contributed by atoms with Crippen molar-refractivity contribution in [3.05, 3.63) is 29.8 Å². The number of rotatable bonds is 6. The van der Waals surface area contributed by atoms with Crippen LogP contribution in [0.1, 0.15) is 25.8 Å². The van der Waals surface area contributed by atoms with Gasteiger partial charge in [-0.2, -0.15) is 4.31 Å². The highest BCUT2D eigenvalue weighted by Gasteiger charge is 2.45. The van der Waals surface area contributed by atoms with Gasteiger partial charge in [-0.25, -0.2) is 13.9 Å². The minimum Gasteiger partial charge on any atom is -0.300 e. The van der Waals surface area contributed by atoms with Crippen LogP contribution < -0.4 is 5.48 Å². The summed E-state index contributed by atoms with van der Waals surface area (Å²) in [5.41, 5.74) is 2.56. The van der Waals surface area contributed by atoms with Crippen LogP contribution in [0.15, 0.2) is 29.2 Å². The summed E-state index contributed by atoms with van der Waals surface area (Å²) in [5, 5.41) is 8.99. The molecule has 1 heterocycles. The quantitative estimate of drug-likeness (QED) is 0.586. The summed E-state index contributed by atoms with van der Waals surface area (Å²) < 4.78 is 27.1. The molecule has 0 radical (unpaired) electrons. The molecule has 1 unspecified atom stereocenters. The number of aryl methyl sites for hydroxylation is 1. The number of benzene rings is 1. The Kier molecular flexibility index (Phi) is 5.97. The topological polar surface area (TPSA) is 90.0 Å². The molecule has 0 aliphatic carbocycles. The molecule has 8 heteroatoms. The predicted octanol–water partition coefficient (Wildman–Crippen LogP) is 0.974. The first kappa shape index (κ1) is 18.9. The Hall–Kier alpha value is -1.48. The minimum atomic E-state index is -3.81.